The van der Waals surface area contributed by atoms with Crippen molar-refractivity contribution in [3.63, 3.8) is 0 Å². The maximum atomic E-state index is 13.2. The molecular formula is C30H37ClN2O6. The van der Waals surface area contributed by atoms with Gasteiger partial charge in [0.25, 0.3) is 5.91 Å². The van der Waals surface area contributed by atoms with Crippen LogP contribution in [-0.4, -0.2) is 70.5 Å². The number of amides is 1. The zero-order valence-corrected chi connectivity index (χ0v) is 23.8. The van der Waals surface area contributed by atoms with Gasteiger partial charge in [-0.2, -0.15) is 0 Å². The van der Waals surface area contributed by atoms with Crippen LogP contribution in [0.1, 0.15) is 27.9 Å². The number of benzene rings is 3. The summed E-state index contributed by atoms with van der Waals surface area (Å²) < 4.78 is 27.4. The molecule has 3 aromatic carbocycles. The lowest BCUT2D eigenvalue weighted by atomic mass is 10.1. The molecule has 1 heterocycles. The maximum absolute atomic E-state index is 13.2. The second-order valence-corrected chi connectivity index (χ2v) is 9.10. The number of nitrogens with zero attached hydrogens (tertiary/aromatic N) is 2. The van der Waals surface area contributed by atoms with Crippen molar-refractivity contribution in [3.8, 4) is 28.7 Å². The summed E-state index contributed by atoms with van der Waals surface area (Å²) in [6.07, 6.45) is 1.68. The van der Waals surface area contributed by atoms with Gasteiger partial charge in [-0.1, -0.05) is 36.4 Å². The number of hydrogen-bond acceptors (Lipinski definition) is 7. The van der Waals surface area contributed by atoms with Crippen molar-refractivity contribution in [1.29, 1.82) is 0 Å². The molecule has 0 spiro atoms. The molecule has 4 rings (SSSR count). The van der Waals surface area contributed by atoms with Gasteiger partial charge in [0, 0.05) is 38.3 Å². The molecule has 0 N–H and O–H groups in total. The van der Waals surface area contributed by atoms with Crippen molar-refractivity contribution in [2.24, 2.45) is 0 Å². The lowest BCUT2D eigenvalue weighted by Crippen LogP contribution is -2.40. The van der Waals surface area contributed by atoms with Gasteiger partial charge in [0.15, 0.2) is 29.7 Å². The minimum absolute atomic E-state index is 0. The highest BCUT2D eigenvalue weighted by Gasteiger charge is 2.27. The first-order valence-electron chi connectivity index (χ1n) is 12.7. The first-order valence-corrected chi connectivity index (χ1v) is 12.7. The van der Waals surface area contributed by atoms with Crippen molar-refractivity contribution < 1.29 is 28.5 Å². The summed E-state index contributed by atoms with van der Waals surface area (Å²) in [5.74, 6) is 2.96. The van der Waals surface area contributed by atoms with Crippen molar-refractivity contribution in [2.75, 3.05) is 54.8 Å². The van der Waals surface area contributed by atoms with E-state index in [1.807, 2.05) is 18.2 Å². The number of rotatable bonds is 13. The lowest BCUT2D eigenvalue weighted by molar-refractivity contribution is 0.0507. The number of fused-ring (bicyclic) bond motifs is 1. The van der Waals surface area contributed by atoms with Crippen molar-refractivity contribution in [1.82, 2.24) is 9.80 Å². The van der Waals surface area contributed by atoms with Crippen molar-refractivity contribution >= 4 is 18.3 Å². The molecule has 210 valence electrons. The first-order chi connectivity index (χ1) is 18.6. The molecule has 0 atom stereocenters. The molecule has 0 aliphatic carbocycles. The van der Waals surface area contributed by atoms with E-state index >= 15 is 0 Å². The Hall–Kier alpha value is -3.62. The van der Waals surface area contributed by atoms with Crippen LogP contribution in [0.3, 0.4) is 0 Å². The third-order valence-corrected chi connectivity index (χ3v) is 6.70. The van der Waals surface area contributed by atoms with Gasteiger partial charge in [-0.3, -0.25) is 9.69 Å². The third-order valence-electron chi connectivity index (χ3n) is 6.70. The molecule has 1 aliphatic heterocycles. The quantitative estimate of drug-likeness (QED) is 0.291. The zero-order valence-electron chi connectivity index (χ0n) is 23.0. The van der Waals surface area contributed by atoms with E-state index in [0.29, 0.717) is 29.4 Å². The Morgan fingerprint density at radius 2 is 1.46 bits per heavy atom. The number of carbonyl (C=O) groups excluding carboxylic acids is 1. The van der Waals surface area contributed by atoms with E-state index in [0.717, 1.165) is 44.0 Å². The van der Waals surface area contributed by atoms with Crippen LogP contribution >= 0.6 is 12.4 Å². The summed E-state index contributed by atoms with van der Waals surface area (Å²) in [5.41, 5.74) is 2.93. The van der Waals surface area contributed by atoms with Crippen molar-refractivity contribution in [2.45, 2.75) is 19.4 Å². The van der Waals surface area contributed by atoms with Crippen LogP contribution in [0.4, 0.5) is 0 Å². The van der Waals surface area contributed by atoms with Gasteiger partial charge in [-0.15, -0.1) is 12.4 Å². The Balaban J connectivity index is 0.00000420. The molecule has 0 radical (unpaired) electrons. The van der Waals surface area contributed by atoms with Crippen LogP contribution in [0.25, 0.3) is 0 Å². The van der Waals surface area contributed by atoms with Crippen molar-refractivity contribution in [3.05, 3.63) is 77.4 Å². The first kappa shape index (κ1) is 29.9. The van der Waals surface area contributed by atoms with Gasteiger partial charge in [0.2, 0.25) is 0 Å². The van der Waals surface area contributed by atoms with Gasteiger partial charge >= 0.3 is 0 Å². The number of halogens is 1. The molecule has 3 aromatic rings. The van der Waals surface area contributed by atoms with E-state index in [4.69, 9.17) is 23.7 Å². The van der Waals surface area contributed by atoms with Crippen LogP contribution in [0.2, 0.25) is 0 Å². The van der Waals surface area contributed by atoms with Gasteiger partial charge < -0.3 is 28.6 Å². The van der Waals surface area contributed by atoms with Crippen LogP contribution in [0, 0.1) is 0 Å². The van der Waals surface area contributed by atoms with E-state index in [-0.39, 0.29) is 25.0 Å². The standard InChI is InChI=1S/C30H36N2O6.ClH/c1-34-25-12-11-22(17-27(25)35-2)13-16-31(20-23-9-6-5-7-10-23)14-8-15-32-21-38-26-19-29(37-4)28(36-3)18-24(26)30(32)33;/h5-7,9-12,17-19H,8,13-16,20-21H2,1-4H3;1H. The monoisotopic (exact) mass is 556 g/mol. The summed E-state index contributed by atoms with van der Waals surface area (Å²) in [6, 6.07) is 19.9. The molecule has 1 amide bonds. The Morgan fingerprint density at radius 3 is 2.15 bits per heavy atom. The Kier molecular flexibility index (Phi) is 11.1. The van der Waals surface area contributed by atoms with Crippen LogP contribution in [-0.2, 0) is 13.0 Å². The van der Waals surface area contributed by atoms with E-state index in [2.05, 4.69) is 35.2 Å². The predicted octanol–water partition coefficient (Wildman–Crippen LogP) is 5.07. The molecule has 0 saturated heterocycles. The highest BCUT2D eigenvalue weighted by Crippen LogP contribution is 2.37. The Morgan fingerprint density at radius 1 is 0.795 bits per heavy atom. The van der Waals surface area contributed by atoms with Crippen LogP contribution in [0.15, 0.2) is 60.7 Å². The minimum Gasteiger partial charge on any atom is -0.493 e. The van der Waals surface area contributed by atoms with Gasteiger partial charge in [0.1, 0.15) is 5.75 Å². The smallest absolute Gasteiger partial charge is 0.260 e. The molecular weight excluding hydrogens is 520 g/mol. The highest BCUT2D eigenvalue weighted by molar-refractivity contribution is 5.98. The van der Waals surface area contributed by atoms with Gasteiger partial charge in [0.05, 0.1) is 34.0 Å². The minimum atomic E-state index is -0.0628. The third kappa shape index (κ3) is 7.49. The second kappa shape index (κ2) is 14.5. The topological polar surface area (TPSA) is 69.7 Å². The SMILES string of the molecule is COc1ccc(CCN(CCCN2COc3cc(OC)c(OC)cc3C2=O)Cc2ccccc2)cc1OC.Cl. The van der Waals surface area contributed by atoms with Crippen LogP contribution in [0.5, 0.6) is 28.7 Å². The fourth-order valence-corrected chi connectivity index (χ4v) is 4.61. The largest absolute Gasteiger partial charge is 0.493 e. The van der Waals surface area contributed by atoms with E-state index in [1.54, 1.807) is 45.5 Å². The summed E-state index contributed by atoms with van der Waals surface area (Å²) in [6.45, 7) is 3.34. The Labute approximate surface area is 236 Å². The highest BCUT2D eigenvalue weighted by atomic mass is 35.5. The van der Waals surface area contributed by atoms with E-state index in [9.17, 15) is 4.79 Å². The fraction of sp³-hybridized carbons (Fsp3) is 0.367. The lowest BCUT2D eigenvalue weighted by Gasteiger charge is -2.30. The maximum Gasteiger partial charge on any atom is 0.260 e. The van der Waals surface area contributed by atoms with E-state index in [1.165, 1.54) is 11.1 Å². The van der Waals surface area contributed by atoms with Crippen LogP contribution < -0.4 is 23.7 Å². The van der Waals surface area contributed by atoms with Gasteiger partial charge in [-0.25, -0.2) is 0 Å². The molecule has 0 unspecified atom stereocenters. The molecule has 8 nitrogen and oxygen atoms in total. The molecule has 9 heteroatoms. The predicted molar refractivity (Wildman–Crippen MR) is 153 cm³/mol. The molecule has 0 bridgehead atoms. The zero-order chi connectivity index (χ0) is 26.9. The fourth-order valence-electron chi connectivity index (χ4n) is 4.61. The molecule has 0 aromatic heterocycles. The number of methoxy groups -OCH3 is 4. The summed E-state index contributed by atoms with van der Waals surface area (Å²) in [4.78, 5) is 17.3. The molecule has 0 saturated carbocycles. The number of carbonyl (C=O) groups is 1. The second-order valence-electron chi connectivity index (χ2n) is 9.10. The normalized spacial score (nSPS) is 12.3. The molecule has 0 fully saturated rings. The summed E-state index contributed by atoms with van der Waals surface area (Å²) >= 11 is 0. The molecule has 39 heavy (non-hydrogen) atoms. The summed E-state index contributed by atoms with van der Waals surface area (Å²) in [7, 11) is 6.41. The average molecular weight is 557 g/mol. The number of hydrogen-bond donors (Lipinski definition) is 0. The van der Waals surface area contributed by atoms with E-state index < -0.39 is 0 Å². The summed E-state index contributed by atoms with van der Waals surface area (Å²) in [5, 5.41) is 0. The average Bonchev–Trinajstić information content (AvgIpc) is 2.96. The molecule has 1 aliphatic rings. The Bertz CT molecular complexity index is 1220. The van der Waals surface area contributed by atoms with Gasteiger partial charge in [-0.05, 0) is 36.1 Å². The number of ether oxygens (including phenoxy) is 5.